The van der Waals surface area contributed by atoms with E-state index in [0.29, 0.717) is 22.9 Å². The minimum Gasteiger partial charge on any atom is -0.457 e. The summed E-state index contributed by atoms with van der Waals surface area (Å²) >= 11 is 0. The first-order valence-electron chi connectivity index (χ1n) is 13.4. The molecule has 214 valence electrons. The van der Waals surface area contributed by atoms with E-state index in [1.807, 2.05) is 68.5 Å². The molecule has 9 heteroatoms. The zero-order valence-electron chi connectivity index (χ0n) is 24.3. The van der Waals surface area contributed by atoms with Crippen LogP contribution in [0, 0.1) is 12.7 Å². The Labute approximate surface area is 240 Å². The standard InChI is InChI=1S/C32H37FN6O2/c1-7-8-22-18-26(14-15-27(22)38(6)34)41-28-16-11-24(33)17-23(28)20-35-31(40)36-30-19-29(32(3,4)5)37-39(30)25-12-9-21(2)10-13-25/h7-19H,20,34H2,1-6H3,(H2,35,36,40)/b8-7-. The van der Waals surface area contributed by atoms with Crippen molar-refractivity contribution in [2.45, 2.75) is 46.6 Å². The molecule has 4 aromatic rings. The zero-order chi connectivity index (χ0) is 29.7. The number of benzene rings is 3. The van der Waals surface area contributed by atoms with Crippen molar-refractivity contribution in [1.29, 1.82) is 0 Å². The van der Waals surface area contributed by atoms with Crippen LogP contribution in [-0.4, -0.2) is 22.9 Å². The second-order valence-electron chi connectivity index (χ2n) is 10.9. The molecule has 2 amide bonds. The van der Waals surface area contributed by atoms with Gasteiger partial charge in [-0.05, 0) is 62.4 Å². The lowest BCUT2D eigenvalue weighted by molar-refractivity contribution is 0.251. The molecule has 4 N–H and O–H groups in total. The summed E-state index contributed by atoms with van der Waals surface area (Å²) in [5, 5.41) is 12.0. The van der Waals surface area contributed by atoms with Gasteiger partial charge in [0.15, 0.2) is 0 Å². The Kier molecular flexibility index (Phi) is 8.78. The Bertz CT molecular complexity index is 1550. The van der Waals surface area contributed by atoms with Crippen molar-refractivity contribution in [3.63, 3.8) is 0 Å². The fraction of sp³-hybridized carbons (Fsp3) is 0.250. The number of hydrogen-bond donors (Lipinski definition) is 3. The van der Waals surface area contributed by atoms with Crippen molar-refractivity contribution in [3.8, 4) is 17.2 Å². The van der Waals surface area contributed by atoms with E-state index in [9.17, 15) is 9.18 Å². The Balaban J connectivity index is 1.53. The molecule has 0 saturated carbocycles. The highest BCUT2D eigenvalue weighted by Gasteiger charge is 2.22. The van der Waals surface area contributed by atoms with Crippen LogP contribution < -0.4 is 26.2 Å². The van der Waals surface area contributed by atoms with E-state index in [4.69, 9.17) is 15.7 Å². The number of urea groups is 1. The predicted molar refractivity (Wildman–Crippen MR) is 163 cm³/mol. The molecule has 0 atom stereocenters. The number of nitrogens with zero attached hydrogens (tertiary/aromatic N) is 3. The number of hydrazine groups is 1. The van der Waals surface area contributed by atoms with Crippen molar-refractivity contribution in [2.24, 2.45) is 5.84 Å². The second-order valence-corrected chi connectivity index (χ2v) is 10.9. The van der Waals surface area contributed by atoms with Crippen LogP contribution in [-0.2, 0) is 12.0 Å². The Hall–Kier alpha value is -4.63. The lowest BCUT2D eigenvalue weighted by Gasteiger charge is -2.17. The number of nitrogens with two attached hydrogens (primary N) is 1. The maximum atomic E-state index is 14.2. The summed E-state index contributed by atoms with van der Waals surface area (Å²) in [6.07, 6.45) is 3.84. The smallest absolute Gasteiger partial charge is 0.320 e. The van der Waals surface area contributed by atoms with Crippen LogP contribution in [0.25, 0.3) is 11.8 Å². The molecule has 4 rings (SSSR count). The van der Waals surface area contributed by atoms with E-state index in [2.05, 4.69) is 31.4 Å². The third-order valence-corrected chi connectivity index (χ3v) is 6.41. The maximum absolute atomic E-state index is 14.2. The van der Waals surface area contributed by atoms with Crippen LogP contribution in [0.5, 0.6) is 11.5 Å². The van der Waals surface area contributed by atoms with Gasteiger partial charge in [0.2, 0.25) is 0 Å². The zero-order valence-corrected chi connectivity index (χ0v) is 24.3. The van der Waals surface area contributed by atoms with Crippen LogP contribution in [0.2, 0.25) is 0 Å². The summed E-state index contributed by atoms with van der Waals surface area (Å²) in [7, 11) is 1.76. The Morgan fingerprint density at radius 3 is 2.49 bits per heavy atom. The number of anilines is 2. The molecule has 3 aromatic carbocycles. The second kappa shape index (κ2) is 12.3. The van der Waals surface area contributed by atoms with Gasteiger partial charge >= 0.3 is 6.03 Å². The molecule has 0 aliphatic carbocycles. The Morgan fingerprint density at radius 1 is 1.10 bits per heavy atom. The van der Waals surface area contributed by atoms with Gasteiger partial charge in [0.05, 0.1) is 17.1 Å². The van der Waals surface area contributed by atoms with E-state index in [1.54, 1.807) is 23.9 Å². The fourth-order valence-electron chi connectivity index (χ4n) is 4.20. The molecule has 0 saturated heterocycles. The minimum absolute atomic E-state index is 0.0368. The van der Waals surface area contributed by atoms with E-state index in [1.165, 1.54) is 17.1 Å². The van der Waals surface area contributed by atoms with Crippen molar-refractivity contribution in [2.75, 3.05) is 17.4 Å². The van der Waals surface area contributed by atoms with Crippen molar-refractivity contribution in [3.05, 3.63) is 101 Å². The summed E-state index contributed by atoms with van der Waals surface area (Å²) in [4.78, 5) is 13.0. The largest absolute Gasteiger partial charge is 0.457 e. The van der Waals surface area contributed by atoms with Gasteiger partial charge in [-0.1, -0.05) is 50.6 Å². The lowest BCUT2D eigenvalue weighted by atomic mass is 9.92. The van der Waals surface area contributed by atoms with Crippen LogP contribution in [0.3, 0.4) is 0 Å². The number of amides is 2. The van der Waals surface area contributed by atoms with Crippen LogP contribution in [0.15, 0.2) is 72.8 Å². The average molecular weight is 557 g/mol. The first kappa shape index (κ1) is 29.4. The van der Waals surface area contributed by atoms with Crippen LogP contribution >= 0.6 is 0 Å². The number of ether oxygens (including phenoxy) is 1. The van der Waals surface area contributed by atoms with Crippen LogP contribution in [0.1, 0.15) is 50.1 Å². The average Bonchev–Trinajstić information content (AvgIpc) is 3.33. The number of aryl methyl sites for hydroxylation is 1. The minimum atomic E-state index is -0.459. The van der Waals surface area contributed by atoms with Gasteiger partial charge in [0.25, 0.3) is 0 Å². The van der Waals surface area contributed by atoms with Gasteiger partial charge in [0, 0.05) is 36.2 Å². The SMILES string of the molecule is C/C=C\c1cc(Oc2ccc(F)cc2CNC(=O)Nc2cc(C(C)(C)C)nn2-c2ccc(C)cc2)ccc1N(C)N. The van der Waals surface area contributed by atoms with Gasteiger partial charge in [-0.3, -0.25) is 5.32 Å². The monoisotopic (exact) mass is 556 g/mol. The number of aromatic nitrogens is 2. The highest BCUT2D eigenvalue weighted by atomic mass is 19.1. The molecule has 1 heterocycles. The van der Waals surface area contributed by atoms with Gasteiger partial charge in [-0.15, -0.1) is 0 Å². The molecule has 0 aliphatic heterocycles. The van der Waals surface area contributed by atoms with Gasteiger partial charge in [-0.25, -0.2) is 19.7 Å². The highest BCUT2D eigenvalue weighted by molar-refractivity contribution is 5.88. The first-order chi connectivity index (χ1) is 19.4. The molecular formula is C32H37FN6O2. The molecular weight excluding hydrogens is 519 g/mol. The molecule has 0 unspecified atom stereocenters. The van der Waals surface area contributed by atoms with Crippen molar-refractivity contribution in [1.82, 2.24) is 15.1 Å². The van der Waals surface area contributed by atoms with E-state index >= 15 is 0 Å². The molecule has 8 nitrogen and oxygen atoms in total. The van der Waals surface area contributed by atoms with Crippen molar-refractivity contribution >= 4 is 23.6 Å². The highest BCUT2D eigenvalue weighted by Crippen LogP contribution is 2.31. The summed E-state index contributed by atoms with van der Waals surface area (Å²) in [6.45, 7) is 10.2. The normalized spacial score (nSPS) is 11.5. The lowest BCUT2D eigenvalue weighted by Crippen LogP contribution is -2.29. The van der Waals surface area contributed by atoms with E-state index in [0.717, 1.165) is 28.2 Å². The third kappa shape index (κ3) is 7.32. The van der Waals surface area contributed by atoms with E-state index < -0.39 is 11.8 Å². The number of carbonyl (C=O) groups excluding carboxylic acids is 1. The number of hydrogen-bond acceptors (Lipinski definition) is 5. The third-order valence-electron chi connectivity index (χ3n) is 6.41. The number of nitrogens with one attached hydrogen (secondary N) is 2. The number of halogens is 1. The van der Waals surface area contributed by atoms with Gasteiger partial charge < -0.3 is 15.1 Å². The van der Waals surface area contributed by atoms with Gasteiger partial charge in [-0.2, -0.15) is 5.10 Å². The quantitative estimate of drug-likeness (QED) is 0.159. The summed E-state index contributed by atoms with van der Waals surface area (Å²) in [5.74, 6) is 7.01. The number of carbonyl (C=O) groups is 1. The van der Waals surface area contributed by atoms with Crippen LogP contribution in [0.4, 0.5) is 20.7 Å². The topological polar surface area (TPSA) is 97.4 Å². The van der Waals surface area contributed by atoms with Crippen molar-refractivity contribution < 1.29 is 13.9 Å². The summed E-state index contributed by atoms with van der Waals surface area (Å²) in [5.41, 5.74) is 4.74. The summed E-state index contributed by atoms with van der Waals surface area (Å²) < 4.78 is 22.1. The fourth-order valence-corrected chi connectivity index (χ4v) is 4.20. The molecule has 0 spiro atoms. The molecule has 0 bridgehead atoms. The molecule has 0 fully saturated rings. The number of allylic oxidation sites excluding steroid dienone is 1. The molecule has 0 radical (unpaired) electrons. The predicted octanol–water partition coefficient (Wildman–Crippen LogP) is 7.07. The Morgan fingerprint density at radius 2 is 1.83 bits per heavy atom. The molecule has 1 aromatic heterocycles. The molecule has 0 aliphatic rings. The first-order valence-corrected chi connectivity index (χ1v) is 13.4. The molecule has 41 heavy (non-hydrogen) atoms. The van der Waals surface area contributed by atoms with Gasteiger partial charge in [0.1, 0.15) is 23.1 Å². The maximum Gasteiger partial charge on any atom is 0.320 e. The number of rotatable bonds is 8. The van der Waals surface area contributed by atoms with E-state index in [-0.39, 0.29) is 12.0 Å². The summed E-state index contributed by atoms with van der Waals surface area (Å²) in [6, 6.07) is 19.0.